The molecular weight excluding hydrogens is 524 g/mol. The Bertz CT molecular complexity index is 1720. The largest absolute Gasteiger partial charge is 0.457 e. The number of ether oxygens (including phenoxy) is 1. The second kappa shape index (κ2) is 10.7. The summed E-state index contributed by atoms with van der Waals surface area (Å²) in [6.07, 6.45) is 3.24. The Labute approximate surface area is 244 Å². The zero-order valence-corrected chi connectivity index (χ0v) is 23.1. The van der Waals surface area contributed by atoms with Gasteiger partial charge < -0.3 is 14.5 Å². The van der Waals surface area contributed by atoms with E-state index >= 15 is 0 Å². The molecule has 3 heterocycles. The van der Waals surface area contributed by atoms with Crippen molar-refractivity contribution in [1.82, 2.24) is 14.7 Å². The SMILES string of the molecule is O=C(c1ccc(Oc2ccccc2)cc1)N1CCC2(CC1)CN(C(=O)c1ccnn1-c1ccccc1)c1ccccc12. The highest BCUT2D eigenvalue weighted by atomic mass is 16.5. The molecule has 0 N–H and O–H groups in total. The number of hydrogen-bond acceptors (Lipinski definition) is 4. The monoisotopic (exact) mass is 554 g/mol. The predicted octanol–water partition coefficient (Wildman–Crippen LogP) is 6.50. The van der Waals surface area contributed by atoms with E-state index in [1.54, 1.807) is 16.9 Å². The molecule has 2 aliphatic heterocycles. The maximum atomic E-state index is 14.0. The first-order valence-corrected chi connectivity index (χ1v) is 14.2. The fourth-order valence-electron chi connectivity index (χ4n) is 6.23. The van der Waals surface area contributed by atoms with Crippen LogP contribution in [-0.2, 0) is 5.41 Å². The van der Waals surface area contributed by atoms with Crippen LogP contribution in [0, 0.1) is 0 Å². The molecule has 0 atom stereocenters. The van der Waals surface area contributed by atoms with Crippen molar-refractivity contribution in [2.24, 2.45) is 0 Å². The van der Waals surface area contributed by atoms with Crippen LogP contribution in [0.1, 0.15) is 39.3 Å². The topological polar surface area (TPSA) is 67.7 Å². The van der Waals surface area contributed by atoms with Crippen LogP contribution < -0.4 is 9.64 Å². The Hall–Kier alpha value is -5.17. The van der Waals surface area contributed by atoms with Crippen LogP contribution in [0.25, 0.3) is 5.69 Å². The summed E-state index contributed by atoms with van der Waals surface area (Å²) < 4.78 is 7.58. The van der Waals surface area contributed by atoms with Crippen molar-refractivity contribution >= 4 is 17.5 Å². The van der Waals surface area contributed by atoms with E-state index < -0.39 is 0 Å². The van der Waals surface area contributed by atoms with E-state index in [0.717, 1.165) is 30.0 Å². The molecule has 0 unspecified atom stereocenters. The van der Waals surface area contributed by atoms with Gasteiger partial charge in [0.1, 0.15) is 17.2 Å². The molecule has 0 bridgehead atoms. The van der Waals surface area contributed by atoms with E-state index in [4.69, 9.17) is 4.74 Å². The van der Waals surface area contributed by atoms with E-state index in [1.807, 2.05) is 113 Å². The summed E-state index contributed by atoms with van der Waals surface area (Å²) >= 11 is 0. The zero-order chi connectivity index (χ0) is 28.5. The molecule has 0 saturated carbocycles. The van der Waals surface area contributed by atoms with Gasteiger partial charge in [0.25, 0.3) is 11.8 Å². The number of rotatable bonds is 5. The molecule has 1 fully saturated rings. The van der Waals surface area contributed by atoms with Crippen molar-refractivity contribution < 1.29 is 14.3 Å². The van der Waals surface area contributed by atoms with Crippen LogP contribution in [0.2, 0.25) is 0 Å². The first kappa shape index (κ1) is 25.8. The second-order valence-electron chi connectivity index (χ2n) is 10.9. The highest BCUT2D eigenvalue weighted by Gasteiger charge is 2.47. The minimum atomic E-state index is -0.200. The molecule has 2 aliphatic rings. The molecule has 208 valence electrons. The molecule has 1 spiro atoms. The minimum absolute atomic E-state index is 0.0158. The Balaban J connectivity index is 1.07. The fourth-order valence-corrected chi connectivity index (χ4v) is 6.23. The number of amides is 2. The Morgan fingerprint density at radius 3 is 2.07 bits per heavy atom. The van der Waals surface area contributed by atoms with Gasteiger partial charge >= 0.3 is 0 Å². The van der Waals surface area contributed by atoms with E-state index in [2.05, 4.69) is 11.2 Å². The molecule has 4 aromatic carbocycles. The lowest BCUT2D eigenvalue weighted by Crippen LogP contribution is -2.48. The van der Waals surface area contributed by atoms with Crippen LogP contribution >= 0.6 is 0 Å². The van der Waals surface area contributed by atoms with Gasteiger partial charge in [-0.05, 0) is 79.1 Å². The Kier molecular flexibility index (Phi) is 6.55. The summed E-state index contributed by atoms with van der Waals surface area (Å²) in [5, 5.41) is 4.44. The third-order valence-corrected chi connectivity index (χ3v) is 8.42. The quantitative estimate of drug-likeness (QED) is 0.249. The second-order valence-corrected chi connectivity index (χ2v) is 10.9. The number of fused-ring (bicyclic) bond motifs is 2. The summed E-state index contributed by atoms with van der Waals surface area (Å²) in [5.41, 5.74) is 3.94. The zero-order valence-electron chi connectivity index (χ0n) is 23.1. The maximum Gasteiger partial charge on any atom is 0.277 e. The van der Waals surface area contributed by atoms with Gasteiger partial charge in [-0.15, -0.1) is 0 Å². The molecule has 5 aromatic rings. The Morgan fingerprint density at radius 1 is 0.690 bits per heavy atom. The molecule has 7 heteroatoms. The number of carbonyl (C=O) groups is 2. The van der Waals surface area contributed by atoms with Crippen molar-refractivity contribution in [2.45, 2.75) is 18.3 Å². The van der Waals surface area contributed by atoms with Crippen LogP contribution in [0.5, 0.6) is 11.5 Å². The molecule has 42 heavy (non-hydrogen) atoms. The third-order valence-electron chi connectivity index (χ3n) is 8.42. The summed E-state index contributed by atoms with van der Waals surface area (Å²) in [4.78, 5) is 31.2. The van der Waals surface area contributed by atoms with Gasteiger partial charge in [0.2, 0.25) is 0 Å². The molecule has 7 nitrogen and oxygen atoms in total. The van der Waals surface area contributed by atoms with Crippen LogP contribution in [0.15, 0.2) is 121 Å². The van der Waals surface area contributed by atoms with Gasteiger partial charge in [-0.25, -0.2) is 4.68 Å². The lowest BCUT2D eigenvalue weighted by atomic mass is 9.74. The first-order valence-electron chi connectivity index (χ1n) is 14.2. The number of para-hydroxylation sites is 3. The van der Waals surface area contributed by atoms with E-state index in [1.165, 1.54) is 5.56 Å². The number of aromatic nitrogens is 2. The number of likely N-dealkylation sites (tertiary alicyclic amines) is 1. The number of piperidine rings is 1. The van der Waals surface area contributed by atoms with E-state index in [0.29, 0.717) is 36.6 Å². The normalized spacial score (nSPS) is 15.4. The smallest absolute Gasteiger partial charge is 0.277 e. The maximum absolute atomic E-state index is 14.0. The van der Waals surface area contributed by atoms with Crippen molar-refractivity contribution in [3.05, 3.63) is 138 Å². The predicted molar refractivity (Wildman–Crippen MR) is 161 cm³/mol. The first-order chi connectivity index (χ1) is 20.6. The average molecular weight is 555 g/mol. The van der Waals surface area contributed by atoms with Crippen molar-refractivity contribution in [2.75, 3.05) is 24.5 Å². The molecule has 1 saturated heterocycles. The van der Waals surface area contributed by atoms with Gasteiger partial charge in [0.05, 0.1) is 11.9 Å². The summed E-state index contributed by atoms with van der Waals surface area (Å²) in [6.45, 7) is 1.83. The van der Waals surface area contributed by atoms with Crippen LogP contribution in [0.3, 0.4) is 0 Å². The van der Waals surface area contributed by atoms with Gasteiger partial charge in [-0.1, -0.05) is 54.6 Å². The lowest BCUT2D eigenvalue weighted by molar-refractivity contribution is 0.0670. The molecule has 2 amide bonds. The van der Waals surface area contributed by atoms with Crippen molar-refractivity contribution in [3.63, 3.8) is 0 Å². The molecular formula is C35H30N4O3. The number of carbonyl (C=O) groups excluding carboxylic acids is 2. The fraction of sp³-hybridized carbons (Fsp3) is 0.171. The number of nitrogens with zero attached hydrogens (tertiary/aromatic N) is 4. The highest BCUT2D eigenvalue weighted by molar-refractivity contribution is 6.07. The average Bonchev–Trinajstić information content (AvgIpc) is 3.66. The molecule has 1 aromatic heterocycles. The van der Waals surface area contributed by atoms with Gasteiger partial charge in [0.15, 0.2) is 0 Å². The summed E-state index contributed by atoms with van der Waals surface area (Å²) in [7, 11) is 0. The number of hydrogen-bond donors (Lipinski definition) is 0. The lowest BCUT2D eigenvalue weighted by Gasteiger charge is -2.40. The minimum Gasteiger partial charge on any atom is -0.457 e. The van der Waals surface area contributed by atoms with Crippen molar-refractivity contribution in [1.29, 1.82) is 0 Å². The third kappa shape index (κ3) is 4.63. The van der Waals surface area contributed by atoms with Gasteiger partial charge in [0, 0.05) is 36.3 Å². The summed E-state index contributed by atoms with van der Waals surface area (Å²) in [5.74, 6) is 1.39. The van der Waals surface area contributed by atoms with E-state index in [-0.39, 0.29) is 17.2 Å². The highest BCUT2D eigenvalue weighted by Crippen LogP contribution is 2.47. The molecule has 0 radical (unpaired) electrons. The number of anilines is 1. The van der Waals surface area contributed by atoms with Crippen LogP contribution in [0.4, 0.5) is 5.69 Å². The van der Waals surface area contributed by atoms with Gasteiger partial charge in [-0.3, -0.25) is 9.59 Å². The summed E-state index contributed by atoms with van der Waals surface area (Å²) in [6, 6.07) is 36.6. The Morgan fingerprint density at radius 2 is 1.33 bits per heavy atom. The van der Waals surface area contributed by atoms with Crippen LogP contribution in [-0.4, -0.2) is 46.1 Å². The standard InChI is InChI=1S/C35H30N4O3/c40-33(26-15-17-29(18-16-26)42-28-11-5-2-6-12-28)37-23-20-35(21-24-37)25-38(31-14-8-7-13-30(31)35)34(41)32-19-22-36-39(32)27-9-3-1-4-10-27/h1-19,22H,20-21,23-25H2. The molecule has 7 rings (SSSR count). The number of benzene rings is 4. The van der Waals surface area contributed by atoms with E-state index in [9.17, 15) is 9.59 Å². The van der Waals surface area contributed by atoms with Gasteiger partial charge in [-0.2, -0.15) is 5.10 Å². The molecule has 0 aliphatic carbocycles. The van der Waals surface area contributed by atoms with Crippen molar-refractivity contribution in [3.8, 4) is 17.2 Å².